The molecule has 0 saturated carbocycles. The molecule has 30 heavy (non-hydrogen) atoms. The first-order valence-corrected chi connectivity index (χ1v) is 10.4. The van der Waals surface area contributed by atoms with Gasteiger partial charge in [-0.15, -0.1) is 0 Å². The number of likely N-dealkylation sites (tertiary alicyclic amines) is 1. The van der Waals surface area contributed by atoms with Gasteiger partial charge >= 0.3 is 0 Å². The first kappa shape index (κ1) is 20.7. The van der Waals surface area contributed by atoms with E-state index >= 15 is 0 Å². The number of hydrogen-bond donors (Lipinski definition) is 1. The van der Waals surface area contributed by atoms with E-state index in [1.54, 1.807) is 44.2 Å². The van der Waals surface area contributed by atoms with Crippen LogP contribution in [0.5, 0.6) is 11.5 Å². The Bertz CT molecular complexity index is 958. The van der Waals surface area contributed by atoms with Crippen LogP contribution in [0.1, 0.15) is 54.6 Å². The topological polar surface area (TPSA) is 59.0 Å². The zero-order valence-corrected chi connectivity index (χ0v) is 17.7. The maximum absolute atomic E-state index is 13.5. The summed E-state index contributed by atoms with van der Waals surface area (Å²) in [7, 11) is 1.54. The van der Waals surface area contributed by atoms with Gasteiger partial charge in [-0.25, -0.2) is 4.39 Å². The highest BCUT2D eigenvalue weighted by atomic mass is 19.1. The molecule has 2 aliphatic rings. The van der Waals surface area contributed by atoms with Gasteiger partial charge in [0, 0.05) is 37.1 Å². The molecule has 1 saturated heterocycles. The third-order valence-corrected chi connectivity index (χ3v) is 6.27. The second-order valence-corrected chi connectivity index (χ2v) is 8.80. The van der Waals surface area contributed by atoms with E-state index in [1.807, 2.05) is 4.90 Å². The number of rotatable bonds is 3. The molecule has 0 atom stereocenters. The van der Waals surface area contributed by atoms with E-state index < -0.39 is 5.60 Å². The van der Waals surface area contributed by atoms with E-state index in [0.29, 0.717) is 30.0 Å². The molecule has 0 unspecified atom stereocenters. The summed E-state index contributed by atoms with van der Waals surface area (Å²) < 4.78 is 25.1. The van der Waals surface area contributed by atoms with Crippen LogP contribution in [0.25, 0.3) is 0 Å². The molecule has 1 fully saturated rings. The summed E-state index contributed by atoms with van der Waals surface area (Å²) in [4.78, 5) is 14.9. The van der Waals surface area contributed by atoms with Gasteiger partial charge in [0.25, 0.3) is 5.91 Å². The maximum Gasteiger partial charge on any atom is 0.253 e. The van der Waals surface area contributed by atoms with E-state index in [1.165, 1.54) is 13.2 Å². The number of aryl methyl sites for hydroxylation is 1. The van der Waals surface area contributed by atoms with Gasteiger partial charge in [-0.1, -0.05) is 6.07 Å². The van der Waals surface area contributed by atoms with Crippen molar-refractivity contribution in [1.29, 1.82) is 0 Å². The number of benzene rings is 2. The fourth-order valence-corrected chi connectivity index (χ4v) is 4.47. The Morgan fingerprint density at radius 1 is 1.17 bits per heavy atom. The molecule has 1 amide bonds. The summed E-state index contributed by atoms with van der Waals surface area (Å²) in [5.74, 6) is 0.971. The average molecular weight is 413 g/mol. The summed E-state index contributed by atoms with van der Waals surface area (Å²) >= 11 is 0. The number of carbonyl (C=O) groups is 1. The van der Waals surface area contributed by atoms with Crippen LogP contribution in [0.4, 0.5) is 4.39 Å². The molecular weight excluding hydrogens is 385 g/mol. The monoisotopic (exact) mass is 413 g/mol. The van der Waals surface area contributed by atoms with Crippen molar-refractivity contribution in [3.8, 4) is 11.5 Å². The number of carbonyl (C=O) groups excluding carboxylic acids is 1. The molecule has 1 spiro atoms. The molecule has 0 aromatic heterocycles. The van der Waals surface area contributed by atoms with Crippen molar-refractivity contribution in [3.05, 3.63) is 58.9 Å². The van der Waals surface area contributed by atoms with Gasteiger partial charge in [0.2, 0.25) is 0 Å². The van der Waals surface area contributed by atoms with E-state index in [4.69, 9.17) is 9.47 Å². The number of halogens is 1. The highest BCUT2D eigenvalue weighted by Gasteiger charge is 2.40. The number of methoxy groups -OCH3 is 1. The zero-order valence-electron chi connectivity index (χ0n) is 17.7. The summed E-state index contributed by atoms with van der Waals surface area (Å²) in [6.07, 6.45) is 3.11. The number of amides is 1. The number of ether oxygens (including phenoxy) is 2. The number of fused-ring (bicyclic) bond motifs is 1. The standard InChI is InChI=1S/C24H28FNO4/c1-23(2,28)19-6-4-17(15-21(19)29-3)22(27)26-12-10-24(11-13-26)9-8-16-14-18(25)5-7-20(16)30-24/h4-7,14-15,28H,8-13H2,1-3H3. The third-order valence-electron chi connectivity index (χ3n) is 6.27. The lowest BCUT2D eigenvalue weighted by atomic mass is 9.83. The largest absolute Gasteiger partial charge is 0.496 e. The smallest absolute Gasteiger partial charge is 0.253 e. The molecule has 6 heteroatoms. The molecule has 0 radical (unpaired) electrons. The molecule has 2 aliphatic heterocycles. The van der Waals surface area contributed by atoms with Crippen LogP contribution in [0, 0.1) is 5.82 Å². The molecular formula is C24H28FNO4. The zero-order chi connectivity index (χ0) is 21.5. The minimum absolute atomic E-state index is 0.0521. The van der Waals surface area contributed by atoms with Gasteiger partial charge in [-0.2, -0.15) is 0 Å². The average Bonchev–Trinajstić information content (AvgIpc) is 2.73. The summed E-state index contributed by atoms with van der Waals surface area (Å²) in [6, 6.07) is 9.87. The number of nitrogens with zero attached hydrogens (tertiary/aromatic N) is 1. The Morgan fingerprint density at radius 3 is 2.57 bits per heavy atom. The highest BCUT2D eigenvalue weighted by molar-refractivity contribution is 5.95. The van der Waals surface area contributed by atoms with Crippen LogP contribution in [0.2, 0.25) is 0 Å². The van der Waals surface area contributed by atoms with Crippen molar-refractivity contribution in [2.45, 2.75) is 50.7 Å². The third kappa shape index (κ3) is 3.88. The lowest BCUT2D eigenvalue weighted by molar-refractivity contribution is -0.0108. The highest BCUT2D eigenvalue weighted by Crippen LogP contribution is 2.40. The predicted octanol–water partition coefficient (Wildman–Crippen LogP) is 4.06. The lowest BCUT2D eigenvalue weighted by Crippen LogP contribution is -2.51. The van der Waals surface area contributed by atoms with Crippen LogP contribution in [-0.2, 0) is 12.0 Å². The van der Waals surface area contributed by atoms with Crippen LogP contribution in [0.3, 0.4) is 0 Å². The SMILES string of the molecule is COc1cc(C(=O)N2CCC3(CCc4cc(F)ccc4O3)CC2)ccc1C(C)(C)O. The molecule has 1 N–H and O–H groups in total. The van der Waals surface area contributed by atoms with E-state index in [-0.39, 0.29) is 17.3 Å². The molecule has 4 rings (SSSR count). The number of hydrogen-bond acceptors (Lipinski definition) is 4. The maximum atomic E-state index is 13.5. The van der Waals surface area contributed by atoms with Gasteiger partial charge in [0.1, 0.15) is 22.9 Å². The minimum atomic E-state index is -1.05. The number of aliphatic hydroxyl groups is 1. The Labute approximate surface area is 176 Å². The van der Waals surface area contributed by atoms with Crippen molar-refractivity contribution in [3.63, 3.8) is 0 Å². The van der Waals surface area contributed by atoms with Crippen molar-refractivity contribution in [1.82, 2.24) is 4.90 Å². The van der Waals surface area contributed by atoms with Gasteiger partial charge in [0.05, 0.1) is 12.7 Å². The van der Waals surface area contributed by atoms with Crippen molar-refractivity contribution in [2.75, 3.05) is 20.2 Å². The fourth-order valence-electron chi connectivity index (χ4n) is 4.47. The Kier molecular flexibility index (Phi) is 5.22. The Hall–Kier alpha value is -2.60. The van der Waals surface area contributed by atoms with E-state index in [2.05, 4.69) is 0 Å². The summed E-state index contributed by atoms with van der Waals surface area (Å²) in [6.45, 7) is 4.58. The normalized spacial score (nSPS) is 18.0. The number of piperidine rings is 1. The molecule has 2 heterocycles. The first-order valence-electron chi connectivity index (χ1n) is 10.4. The molecule has 5 nitrogen and oxygen atoms in total. The van der Waals surface area contributed by atoms with Gasteiger partial charge in [0.15, 0.2) is 0 Å². The molecule has 2 aromatic carbocycles. The van der Waals surface area contributed by atoms with Gasteiger partial charge < -0.3 is 19.5 Å². The van der Waals surface area contributed by atoms with Gasteiger partial charge in [-0.3, -0.25) is 4.79 Å². The Balaban J connectivity index is 1.46. The summed E-state index contributed by atoms with van der Waals surface area (Å²) in [5.41, 5.74) is 0.760. The van der Waals surface area contributed by atoms with Crippen LogP contribution >= 0.6 is 0 Å². The van der Waals surface area contributed by atoms with Crippen LogP contribution < -0.4 is 9.47 Å². The van der Waals surface area contributed by atoms with E-state index in [0.717, 1.165) is 37.0 Å². The second-order valence-electron chi connectivity index (χ2n) is 8.80. The second kappa shape index (κ2) is 7.58. The molecule has 0 bridgehead atoms. The summed E-state index contributed by atoms with van der Waals surface area (Å²) in [5, 5.41) is 10.3. The van der Waals surface area contributed by atoms with Crippen molar-refractivity contribution >= 4 is 5.91 Å². The fraction of sp³-hybridized carbons (Fsp3) is 0.458. The lowest BCUT2D eigenvalue weighted by Gasteiger charge is -2.44. The first-order chi connectivity index (χ1) is 14.2. The molecule has 0 aliphatic carbocycles. The quantitative estimate of drug-likeness (QED) is 0.824. The van der Waals surface area contributed by atoms with Gasteiger partial charge in [-0.05, 0) is 62.6 Å². The minimum Gasteiger partial charge on any atom is -0.496 e. The Morgan fingerprint density at radius 2 is 1.90 bits per heavy atom. The molecule has 160 valence electrons. The van der Waals surface area contributed by atoms with Crippen molar-refractivity contribution < 1.29 is 23.8 Å². The van der Waals surface area contributed by atoms with E-state index in [9.17, 15) is 14.3 Å². The predicted molar refractivity (Wildman–Crippen MR) is 111 cm³/mol. The van der Waals surface area contributed by atoms with Crippen LogP contribution in [0.15, 0.2) is 36.4 Å². The molecule has 2 aromatic rings. The van der Waals surface area contributed by atoms with Crippen LogP contribution in [-0.4, -0.2) is 41.7 Å². The van der Waals surface area contributed by atoms with Crippen molar-refractivity contribution in [2.24, 2.45) is 0 Å².